The molecule has 0 amide bonds. The first-order chi connectivity index (χ1) is 25.3. The summed E-state index contributed by atoms with van der Waals surface area (Å²) in [6, 6.07) is 62.2. The number of anilines is 3. The maximum absolute atomic E-state index is 7.00. The Balaban J connectivity index is 1.22. The van der Waals surface area contributed by atoms with E-state index in [9.17, 15) is 0 Å². The lowest BCUT2D eigenvalue weighted by molar-refractivity contribution is 0.467. The zero-order valence-electron chi connectivity index (χ0n) is 27.5. The van der Waals surface area contributed by atoms with Crippen molar-refractivity contribution in [2.75, 3.05) is 4.90 Å². The molecule has 0 atom stereocenters. The highest BCUT2D eigenvalue weighted by molar-refractivity contribution is 6.98. The van der Waals surface area contributed by atoms with Gasteiger partial charge in [-0.15, -0.1) is 0 Å². The summed E-state index contributed by atoms with van der Waals surface area (Å²) in [5.74, 6) is 3.47. The maximum atomic E-state index is 7.00. The lowest BCUT2D eigenvalue weighted by Gasteiger charge is -2.33. The Morgan fingerprint density at radius 3 is 1.71 bits per heavy atom. The molecule has 238 valence electrons. The predicted molar refractivity (Wildman–Crippen MR) is 211 cm³/mol. The molecule has 51 heavy (non-hydrogen) atoms. The lowest BCUT2D eigenvalue weighted by Crippen LogP contribution is -2.57. The van der Waals surface area contributed by atoms with Gasteiger partial charge in [0.25, 0.3) is 6.71 Å². The molecule has 11 rings (SSSR count). The molecular weight excluding hydrogens is 623 g/mol. The van der Waals surface area contributed by atoms with Crippen LogP contribution in [-0.2, 0) is 0 Å². The van der Waals surface area contributed by atoms with E-state index in [1.54, 1.807) is 0 Å². The van der Waals surface area contributed by atoms with Crippen LogP contribution < -0.4 is 30.8 Å². The Kier molecular flexibility index (Phi) is 6.01. The summed E-state index contributed by atoms with van der Waals surface area (Å²) in [6.07, 6.45) is 0. The van der Waals surface area contributed by atoms with Crippen LogP contribution in [0.15, 0.2) is 176 Å². The Morgan fingerprint density at radius 1 is 0.431 bits per heavy atom. The van der Waals surface area contributed by atoms with Gasteiger partial charge in [-0.3, -0.25) is 0 Å². The van der Waals surface area contributed by atoms with Crippen molar-refractivity contribution in [2.24, 2.45) is 0 Å². The molecule has 0 saturated carbocycles. The van der Waals surface area contributed by atoms with Crippen molar-refractivity contribution in [3.63, 3.8) is 0 Å². The summed E-state index contributed by atoms with van der Waals surface area (Å²) >= 11 is 0. The van der Waals surface area contributed by atoms with Gasteiger partial charge < -0.3 is 18.9 Å². The Labute approximate surface area is 295 Å². The number of nitrogens with zero attached hydrogens (tertiary/aromatic N) is 2. The SMILES string of the molecule is c1ccc(N(c2ccccc2)c2ccc3c(ccc4c5cc6c7c(c5n(-c5ccccc5)c34)Oc3ccccc3B7c3ccccc3O6)c2)cc1. The Morgan fingerprint density at radius 2 is 1.02 bits per heavy atom. The number of ether oxygens (including phenoxy) is 2. The minimum absolute atomic E-state index is 0.00204. The number of hydrogen-bond acceptors (Lipinski definition) is 3. The van der Waals surface area contributed by atoms with Crippen LogP contribution in [0.25, 0.3) is 38.3 Å². The summed E-state index contributed by atoms with van der Waals surface area (Å²) in [6.45, 7) is -0.00204. The highest BCUT2D eigenvalue weighted by Crippen LogP contribution is 2.46. The van der Waals surface area contributed by atoms with Crippen molar-refractivity contribution < 1.29 is 9.47 Å². The maximum Gasteiger partial charge on any atom is 0.260 e. The molecule has 0 saturated heterocycles. The van der Waals surface area contributed by atoms with Crippen LogP contribution >= 0.6 is 0 Å². The number of para-hydroxylation sites is 5. The second-order valence-electron chi connectivity index (χ2n) is 13.3. The molecule has 3 heterocycles. The highest BCUT2D eigenvalue weighted by atomic mass is 16.5. The second-order valence-corrected chi connectivity index (χ2v) is 13.3. The summed E-state index contributed by atoms with van der Waals surface area (Å²) in [5, 5.41) is 4.57. The lowest BCUT2D eigenvalue weighted by atomic mass is 9.35. The topological polar surface area (TPSA) is 26.6 Å². The van der Waals surface area contributed by atoms with E-state index in [0.717, 1.165) is 89.3 Å². The molecule has 1 aromatic heterocycles. The fraction of sp³-hybridized carbons (Fsp3) is 0. The largest absolute Gasteiger partial charge is 0.458 e. The van der Waals surface area contributed by atoms with Crippen molar-refractivity contribution in [1.82, 2.24) is 4.57 Å². The van der Waals surface area contributed by atoms with Crippen LogP contribution in [0, 0.1) is 0 Å². The molecule has 0 bridgehead atoms. The van der Waals surface area contributed by atoms with Crippen LogP contribution in [0.1, 0.15) is 0 Å². The van der Waals surface area contributed by atoms with Crippen molar-refractivity contribution >= 4 is 72.7 Å². The van der Waals surface area contributed by atoms with Crippen molar-refractivity contribution in [1.29, 1.82) is 0 Å². The van der Waals surface area contributed by atoms with Gasteiger partial charge in [0.05, 0.1) is 11.0 Å². The number of hydrogen-bond donors (Lipinski definition) is 0. The first-order valence-electron chi connectivity index (χ1n) is 17.4. The van der Waals surface area contributed by atoms with Gasteiger partial charge in [0.2, 0.25) is 0 Å². The van der Waals surface area contributed by atoms with E-state index in [-0.39, 0.29) is 6.71 Å². The molecule has 0 spiro atoms. The van der Waals surface area contributed by atoms with E-state index < -0.39 is 0 Å². The van der Waals surface area contributed by atoms with Crippen LogP contribution in [-0.4, -0.2) is 11.3 Å². The fourth-order valence-corrected chi connectivity index (χ4v) is 8.30. The molecule has 2 aliphatic heterocycles. The van der Waals surface area contributed by atoms with Crippen molar-refractivity contribution in [2.45, 2.75) is 0 Å². The minimum atomic E-state index is -0.00204. The van der Waals surface area contributed by atoms with E-state index in [2.05, 4.69) is 179 Å². The van der Waals surface area contributed by atoms with E-state index in [0.29, 0.717) is 0 Å². The number of rotatable bonds is 4. The number of fused-ring (bicyclic) bond motifs is 10. The van der Waals surface area contributed by atoms with Gasteiger partial charge in [0.15, 0.2) is 5.75 Å². The standard InChI is InChI=1S/C46H29BN2O2/c1-4-14-31(15-5-1)48(32-16-6-2-7-17-32)34-25-27-35-30(28-34)24-26-36-37-29-42-43-46(45(37)49(44(35)36)33-18-8-3-9-19-33)51-41-23-13-11-21-39(41)47(43)38-20-10-12-22-40(38)50-42/h1-29H. The van der Waals surface area contributed by atoms with Gasteiger partial charge >= 0.3 is 0 Å². The Hall–Kier alpha value is -6.72. The fourth-order valence-electron chi connectivity index (χ4n) is 8.30. The first-order valence-corrected chi connectivity index (χ1v) is 17.4. The molecule has 0 unspecified atom stereocenters. The molecule has 0 N–H and O–H groups in total. The molecule has 0 fully saturated rings. The third-order valence-electron chi connectivity index (χ3n) is 10.5. The average molecular weight is 653 g/mol. The molecule has 4 nitrogen and oxygen atoms in total. The molecule has 0 radical (unpaired) electrons. The number of benzene rings is 8. The van der Waals surface area contributed by atoms with Gasteiger partial charge in [0.1, 0.15) is 17.2 Å². The van der Waals surface area contributed by atoms with E-state index in [4.69, 9.17) is 9.47 Å². The third-order valence-corrected chi connectivity index (χ3v) is 10.5. The summed E-state index contributed by atoms with van der Waals surface area (Å²) in [4.78, 5) is 2.31. The van der Waals surface area contributed by atoms with Gasteiger partial charge in [-0.25, -0.2) is 0 Å². The van der Waals surface area contributed by atoms with Crippen LogP contribution in [0.4, 0.5) is 17.1 Å². The first kappa shape index (κ1) is 28.2. The summed E-state index contributed by atoms with van der Waals surface area (Å²) in [5.41, 5.74) is 9.97. The highest BCUT2D eigenvalue weighted by Gasteiger charge is 2.42. The van der Waals surface area contributed by atoms with Gasteiger partial charge in [-0.2, -0.15) is 0 Å². The van der Waals surface area contributed by atoms with Gasteiger partial charge in [0, 0.05) is 44.4 Å². The third kappa shape index (κ3) is 4.15. The van der Waals surface area contributed by atoms with E-state index in [1.165, 1.54) is 5.39 Å². The summed E-state index contributed by atoms with van der Waals surface area (Å²) < 4.78 is 16.1. The van der Waals surface area contributed by atoms with Gasteiger partial charge in [-0.1, -0.05) is 109 Å². The van der Waals surface area contributed by atoms with Crippen molar-refractivity contribution in [3.05, 3.63) is 176 Å². The normalized spacial score (nSPS) is 12.6. The van der Waals surface area contributed by atoms with Crippen molar-refractivity contribution in [3.8, 4) is 28.7 Å². The van der Waals surface area contributed by atoms with Crippen LogP contribution in [0.2, 0.25) is 0 Å². The van der Waals surface area contributed by atoms with E-state index >= 15 is 0 Å². The van der Waals surface area contributed by atoms with Crippen LogP contribution in [0.5, 0.6) is 23.0 Å². The molecule has 5 heteroatoms. The van der Waals surface area contributed by atoms with Crippen LogP contribution in [0.3, 0.4) is 0 Å². The minimum Gasteiger partial charge on any atom is -0.458 e. The molecule has 8 aromatic carbocycles. The zero-order valence-corrected chi connectivity index (χ0v) is 27.5. The molecular formula is C46H29BN2O2. The average Bonchev–Trinajstić information content (AvgIpc) is 3.53. The molecule has 9 aromatic rings. The smallest absolute Gasteiger partial charge is 0.260 e. The number of aromatic nitrogens is 1. The van der Waals surface area contributed by atoms with Gasteiger partial charge in [-0.05, 0) is 83.0 Å². The Bertz CT molecular complexity index is 2760. The monoisotopic (exact) mass is 652 g/mol. The van der Waals surface area contributed by atoms with E-state index in [1.807, 2.05) is 6.07 Å². The quantitative estimate of drug-likeness (QED) is 0.177. The summed E-state index contributed by atoms with van der Waals surface area (Å²) in [7, 11) is 0. The predicted octanol–water partition coefficient (Wildman–Crippen LogP) is 10.1. The molecule has 2 aliphatic rings. The second kappa shape index (κ2) is 10.9. The zero-order chi connectivity index (χ0) is 33.5. The molecule has 0 aliphatic carbocycles.